The van der Waals surface area contributed by atoms with Gasteiger partial charge in [-0.1, -0.05) is 0 Å². The van der Waals surface area contributed by atoms with Gasteiger partial charge in [0.25, 0.3) is 0 Å². The zero-order chi connectivity index (χ0) is 13.4. The molecule has 1 unspecified atom stereocenters. The second-order valence-electron chi connectivity index (χ2n) is 4.27. The van der Waals surface area contributed by atoms with Crippen LogP contribution in [-0.4, -0.2) is 63.4 Å². The van der Waals surface area contributed by atoms with E-state index in [-0.39, 0.29) is 31.0 Å². The Morgan fingerprint density at radius 1 is 1.28 bits per heavy atom. The van der Waals surface area contributed by atoms with E-state index in [0.29, 0.717) is 13.1 Å². The number of hydrogen-bond acceptors (Lipinski definition) is 6. The first-order valence-electron chi connectivity index (χ1n) is 6.13. The topological polar surface area (TPSA) is 65.1 Å². The zero-order valence-corrected chi connectivity index (χ0v) is 11.0. The van der Waals surface area contributed by atoms with E-state index in [1.54, 1.807) is 0 Å². The largest absolute Gasteiger partial charge is 0.469 e. The second kappa shape index (κ2) is 8.05. The van der Waals surface area contributed by atoms with E-state index in [9.17, 15) is 9.59 Å². The maximum Gasteiger partial charge on any atom is 0.319 e. The molecule has 1 aliphatic heterocycles. The Balaban J connectivity index is 2.39. The lowest BCUT2D eigenvalue weighted by Gasteiger charge is -2.23. The molecule has 0 bridgehead atoms. The SMILES string of the molecule is COC(=O)CCN(CC(=O)OC)CC1CCCO1. The first-order valence-corrected chi connectivity index (χ1v) is 6.13. The lowest BCUT2D eigenvalue weighted by molar-refractivity contribution is -0.144. The molecule has 0 aromatic heterocycles. The van der Waals surface area contributed by atoms with Crippen molar-refractivity contribution in [3.8, 4) is 0 Å². The van der Waals surface area contributed by atoms with Crippen LogP contribution in [0.3, 0.4) is 0 Å². The van der Waals surface area contributed by atoms with Crippen LogP contribution in [0, 0.1) is 0 Å². The summed E-state index contributed by atoms with van der Waals surface area (Å²) in [6.07, 6.45) is 2.46. The fourth-order valence-electron chi connectivity index (χ4n) is 1.91. The van der Waals surface area contributed by atoms with Crippen LogP contribution in [0.2, 0.25) is 0 Å². The normalized spacial score (nSPS) is 18.9. The lowest BCUT2D eigenvalue weighted by Crippen LogP contribution is -2.38. The highest BCUT2D eigenvalue weighted by Gasteiger charge is 2.21. The average Bonchev–Trinajstić information content (AvgIpc) is 2.88. The molecule has 104 valence electrons. The van der Waals surface area contributed by atoms with Crippen molar-refractivity contribution in [3.63, 3.8) is 0 Å². The summed E-state index contributed by atoms with van der Waals surface area (Å²) in [6.45, 7) is 2.06. The number of esters is 2. The smallest absolute Gasteiger partial charge is 0.319 e. The molecule has 1 fully saturated rings. The van der Waals surface area contributed by atoms with Gasteiger partial charge in [-0.25, -0.2) is 0 Å². The van der Waals surface area contributed by atoms with E-state index in [1.165, 1.54) is 14.2 Å². The number of hydrogen-bond donors (Lipinski definition) is 0. The van der Waals surface area contributed by atoms with E-state index < -0.39 is 0 Å². The van der Waals surface area contributed by atoms with E-state index in [0.717, 1.165) is 19.4 Å². The van der Waals surface area contributed by atoms with Gasteiger partial charge < -0.3 is 14.2 Å². The standard InChI is InChI=1S/C12H21NO5/c1-16-11(14)5-6-13(9-12(15)17-2)8-10-4-3-7-18-10/h10H,3-9H2,1-2H3. The number of methoxy groups -OCH3 is 2. The summed E-state index contributed by atoms with van der Waals surface area (Å²) in [6, 6.07) is 0. The van der Waals surface area contributed by atoms with Gasteiger partial charge >= 0.3 is 11.9 Å². The van der Waals surface area contributed by atoms with Crippen LogP contribution >= 0.6 is 0 Å². The maximum atomic E-state index is 11.3. The van der Waals surface area contributed by atoms with Crippen LogP contribution in [0.4, 0.5) is 0 Å². The van der Waals surface area contributed by atoms with Gasteiger partial charge in [-0.15, -0.1) is 0 Å². The van der Waals surface area contributed by atoms with Crippen LogP contribution in [0.1, 0.15) is 19.3 Å². The minimum Gasteiger partial charge on any atom is -0.469 e. The van der Waals surface area contributed by atoms with E-state index in [1.807, 2.05) is 4.90 Å². The van der Waals surface area contributed by atoms with Crippen molar-refractivity contribution in [1.29, 1.82) is 0 Å². The third-order valence-electron chi connectivity index (χ3n) is 2.93. The quantitative estimate of drug-likeness (QED) is 0.609. The maximum absolute atomic E-state index is 11.3. The molecule has 1 heterocycles. The first-order chi connectivity index (χ1) is 8.65. The van der Waals surface area contributed by atoms with Crippen molar-refractivity contribution in [1.82, 2.24) is 4.90 Å². The van der Waals surface area contributed by atoms with Gasteiger partial charge in [0.1, 0.15) is 0 Å². The predicted octanol–water partition coefficient (Wildman–Crippen LogP) is 0.204. The molecular weight excluding hydrogens is 238 g/mol. The summed E-state index contributed by atoms with van der Waals surface area (Å²) >= 11 is 0. The van der Waals surface area contributed by atoms with Crippen molar-refractivity contribution in [2.75, 3.05) is 40.5 Å². The average molecular weight is 259 g/mol. The molecule has 1 saturated heterocycles. The Morgan fingerprint density at radius 3 is 2.56 bits per heavy atom. The fourth-order valence-corrected chi connectivity index (χ4v) is 1.91. The molecule has 6 heteroatoms. The van der Waals surface area contributed by atoms with Crippen molar-refractivity contribution in [2.45, 2.75) is 25.4 Å². The summed E-state index contributed by atoms with van der Waals surface area (Å²) in [7, 11) is 2.71. The highest BCUT2D eigenvalue weighted by Crippen LogP contribution is 2.13. The highest BCUT2D eigenvalue weighted by atomic mass is 16.5. The van der Waals surface area contributed by atoms with Gasteiger partial charge in [-0.2, -0.15) is 0 Å². The third kappa shape index (κ3) is 5.46. The van der Waals surface area contributed by atoms with Gasteiger partial charge in [0.2, 0.25) is 0 Å². The number of nitrogens with zero attached hydrogens (tertiary/aromatic N) is 1. The molecule has 0 aromatic rings. The zero-order valence-electron chi connectivity index (χ0n) is 11.0. The molecule has 6 nitrogen and oxygen atoms in total. The Labute approximate surface area is 107 Å². The Kier molecular flexibility index (Phi) is 6.67. The van der Waals surface area contributed by atoms with Gasteiger partial charge in [0.05, 0.1) is 33.3 Å². The molecule has 1 rings (SSSR count). The molecule has 0 aromatic carbocycles. The Bertz CT molecular complexity index is 276. The van der Waals surface area contributed by atoms with E-state index in [4.69, 9.17) is 4.74 Å². The molecule has 1 aliphatic rings. The fraction of sp³-hybridized carbons (Fsp3) is 0.833. The third-order valence-corrected chi connectivity index (χ3v) is 2.93. The van der Waals surface area contributed by atoms with Crippen LogP contribution in [0.15, 0.2) is 0 Å². The predicted molar refractivity (Wildman–Crippen MR) is 64.1 cm³/mol. The Morgan fingerprint density at radius 2 is 2.00 bits per heavy atom. The first kappa shape index (κ1) is 14.9. The van der Waals surface area contributed by atoms with Crippen molar-refractivity contribution in [3.05, 3.63) is 0 Å². The van der Waals surface area contributed by atoms with Crippen LogP contribution in [0.5, 0.6) is 0 Å². The molecular formula is C12H21NO5. The number of ether oxygens (including phenoxy) is 3. The molecule has 0 radical (unpaired) electrons. The number of carbonyl (C=O) groups excluding carboxylic acids is 2. The van der Waals surface area contributed by atoms with Crippen LogP contribution in [0.25, 0.3) is 0 Å². The molecule has 0 N–H and O–H groups in total. The Hall–Kier alpha value is -1.14. The van der Waals surface area contributed by atoms with Crippen LogP contribution in [-0.2, 0) is 23.8 Å². The minimum absolute atomic E-state index is 0.146. The molecule has 1 atom stereocenters. The minimum atomic E-state index is -0.308. The number of rotatable bonds is 7. The van der Waals surface area contributed by atoms with Gasteiger partial charge in [-0.3, -0.25) is 14.5 Å². The molecule has 0 spiro atoms. The van der Waals surface area contributed by atoms with Gasteiger partial charge in [0, 0.05) is 19.7 Å². The summed E-state index contributed by atoms with van der Waals surface area (Å²) in [5.74, 6) is -0.588. The summed E-state index contributed by atoms with van der Waals surface area (Å²) in [5, 5.41) is 0. The monoisotopic (exact) mass is 259 g/mol. The molecule has 0 saturated carbocycles. The van der Waals surface area contributed by atoms with Gasteiger partial charge in [0.15, 0.2) is 0 Å². The van der Waals surface area contributed by atoms with E-state index in [2.05, 4.69) is 9.47 Å². The van der Waals surface area contributed by atoms with Crippen molar-refractivity contribution < 1.29 is 23.8 Å². The summed E-state index contributed by atoms with van der Waals surface area (Å²) in [4.78, 5) is 24.3. The van der Waals surface area contributed by atoms with Crippen molar-refractivity contribution in [2.24, 2.45) is 0 Å². The highest BCUT2D eigenvalue weighted by molar-refractivity contribution is 5.72. The molecule has 0 amide bonds. The second-order valence-corrected chi connectivity index (χ2v) is 4.27. The number of carbonyl (C=O) groups is 2. The molecule has 0 aliphatic carbocycles. The summed E-state index contributed by atoms with van der Waals surface area (Å²) in [5.41, 5.74) is 0. The van der Waals surface area contributed by atoms with E-state index >= 15 is 0 Å². The summed E-state index contributed by atoms with van der Waals surface area (Å²) < 4.78 is 14.8. The van der Waals surface area contributed by atoms with Crippen molar-refractivity contribution >= 4 is 11.9 Å². The van der Waals surface area contributed by atoms with Gasteiger partial charge in [-0.05, 0) is 12.8 Å². The lowest BCUT2D eigenvalue weighted by atomic mass is 10.2. The van der Waals surface area contributed by atoms with Crippen LogP contribution < -0.4 is 0 Å². The molecule has 18 heavy (non-hydrogen) atoms.